The lowest BCUT2D eigenvalue weighted by molar-refractivity contribution is 0.186. The lowest BCUT2D eigenvalue weighted by atomic mass is 10.1. The number of hydrogen-bond donors (Lipinski definition) is 2. The molecule has 106 valence electrons. The van der Waals surface area contributed by atoms with Crippen LogP contribution in [0.3, 0.4) is 0 Å². The van der Waals surface area contributed by atoms with Gasteiger partial charge in [-0.2, -0.15) is 0 Å². The van der Waals surface area contributed by atoms with Crippen molar-refractivity contribution in [2.45, 2.75) is 13.0 Å². The molecule has 1 unspecified atom stereocenters. The molecule has 2 N–H and O–H groups in total. The Morgan fingerprint density at radius 1 is 1.15 bits per heavy atom. The lowest BCUT2D eigenvalue weighted by Crippen LogP contribution is -2.13. The highest BCUT2D eigenvalue weighted by Crippen LogP contribution is 2.19. The first kappa shape index (κ1) is 14.3. The second-order valence-corrected chi connectivity index (χ2v) is 4.38. The Morgan fingerprint density at radius 2 is 1.85 bits per heavy atom. The first-order valence-corrected chi connectivity index (χ1v) is 6.60. The van der Waals surface area contributed by atoms with Gasteiger partial charge in [-0.25, -0.2) is 4.39 Å². The van der Waals surface area contributed by atoms with E-state index in [0.717, 1.165) is 11.4 Å². The number of benzene rings is 2. The van der Waals surface area contributed by atoms with Gasteiger partial charge in [-0.3, -0.25) is 0 Å². The molecule has 0 aliphatic heterocycles. The standard InChI is InChI=1S/C16H18FNO2/c1-2-20-13-9-7-12(8-10-13)18-11-16(19)14-5-3-4-6-15(14)17/h3-10,16,18-19H,2,11H2,1H3. The van der Waals surface area contributed by atoms with Gasteiger partial charge in [0.15, 0.2) is 0 Å². The van der Waals surface area contributed by atoms with Gasteiger partial charge in [-0.05, 0) is 37.3 Å². The van der Waals surface area contributed by atoms with Gasteiger partial charge >= 0.3 is 0 Å². The zero-order chi connectivity index (χ0) is 14.4. The van der Waals surface area contributed by atoms with Gasteiger partial charge in [-0.1, -0.05) is 18.2 Å². The van der Waals surface area contributed by atoms with Gasteiger partial charge in [0.2, 0.25) is 0 Å². The summed E-state index contributed by atoms with van der Waals surface area (Å²) in [4.78, 5) is 0. The Bertz CT molecular complexity index is 542. The quantitative estimate of drug-likeness (QED) is 0.849. The van der Waals surface area contributed by atoms with Crippen molar-refractivity contribution in [1.82, 2.24) is 0 Å². The number of ether oxygens (including phenoxy) is 1. The smallest absolute Gasteiger partial charge is 0.129 e. The number of aliphatic hydroxyl groups excluding tert-OH is 1. The molecule has 0 saturated heterocycles. The second kappa shape index (κ2) is 6.91. The van der Waals surface area contributed by atoms with Crippen LogP contribution in [-0.4, -0.2) is 18.3 Å². The van der Waals surface area contributed by atoms with Crippen molar-refractivity contribution in [3.05, 3.63) is 59.9 Å². The third kappa shape index (κ3) is 3.71. The minimum Gasteiger partial charge on any atom is -0.494 e. The summed E-state index contributed by atoms with van der Waals surface area (Å²) in [5.41, 5.74) is 1.15. The van der Waals surface area contributed by atoms with Crippen LogP contribution in [0.4, 0.5) is 10.1 Å². The molecular formula is C16H18FNO2. The molecule has 0 radical (unpaired) electrons. The molecule has 0 aliphatic carbocycles. The van der Waals surface area contributed by atoms with E-state index in [1.165, 1.54) is 6.07 Å². The van der Waals surface area contributed by atoms with Crippen LogP contribution >= 0.6 is 0 Å². The van der Waals surface area contributed by atoms with Gasteiger partial charge < -0.3 is 15.2 Å². The molecule has 0 heterocycles. The summed E-state index contributed by atoms with van der Waals surface area (Å²) in [5.74, 6) is 0.404. The highest BCUT2D eigenvalue weighted by molar-refractivity contribution is 5.46. The molecule has 20 heavy (non-hydrogen) atoms. The SMILES string of the molecule is CCOc1ccc(NCC(O)c2ccccc2F)cc1. The third-order valence-electron chi connectivity index (χ3n) is 2.93. The maximum Gasteiger partial charge on any atom is 0.129 e. The summed E-state index contributed by atoms with van der Waals surface area (Å²) in [6.07, 6.45) is -0.886. The van der Waals surface area contributed by atoms with E-state index in [0.29, 0.717) is 12.2 Å². The fourth-order valence-electron chi connectivity index (χ4n) is 1.91. The van der Waals surface area contributed by atoms with Crippen molar-refractivity contribution >= 4 is 5.69 Å². The van der Waals surface area contributed by atoms with E-state index in [9.17, 15) is 9.50 Å². The Labute approximate surface area is 118 Å². The topological polar surface area (TPSA) is 41.5 Å². The monoisotopic (exact) mass is 275 g/mol. The normalized spacial score (nSPS) is 11.9. The molecular weight excluding hydrogens is 257 g/mol. The Balaban J connectivity index is 1.93. The van der Waals surface area contributed by atoms with E-state index >= 15 is 0 Å². The fraction of sp³-hybridized carbons (Fsp3) is 0.250. The largest absolute Gasteiger partial charge is 0.494 e. The van der Waals surface area contributed by atoms with Crippen LogP contribution in [-0.2, 0) is 0 Å². The Morgan fingerprint density at radius 3 is 2.50 bits per heavy atom. The number of halogens is 1. The summed E-state index contributed by atoms with van der Waals surface area (Å²) in [7, 11) is 0. The summed E-state index contributed by atoms with van der Waals surface area (Å²) >= 11 is 0. The Hall–Kier alpha value is -2.07. The summed E-state index contributed by atoms with van der Waals surface area (Å²) in [6, 6.07) is 13.7. The second-order valence-electron chi connectivity index (χ2n) is 4.38. The molecule has 0 fully saturated rings. The molecule has 1 atom stereocenters. The number of anilines is 1. The lowest BCUT2D eigenvalue weighted by Gasteiger charge is -2.14. The van der Waals surface area contributed by atoms with Crippen LogP contribution in [0, 0.1) is 5.82 Å². The van der Waals surface area contributed by atoms with Crippen LogP contribution in [0.5, 0.6) is 5.75 Å². The fourth-order valence-corrected chi connectivity index (χ4v) is 1.91. The molecule has 3 nitrogen and oxygen atoms in total. The predicted octanol–water partition coefficient (Wildman–Crippen LogP) is 3.37. The summed E-state index contributed by atoms with van der Waals surface area (Å²) in [5, 5.41) is 13.0. The maximum absolute atomic E-state index is 13.5. The predicted molar refractivity (Wildman–Crippen MR) is 77.5 cm³/mol. The highest BCUT2D eigenvalue weighted by Gasteiger charge is 2.11. The first-order chi connectivity index (χ1) is 9.70. The van der Waals surface area contributed by atoms with E-state index in [1.54, 1.807) is 18.2 Å². The van der Waals surface area contributed by atoms with Crippen LogP contribution in [0.2, 0.25) is 0 Å². The van der Waals surface area contributed by atoms with Crippen molar-refractivity contribution in [2.24, 2.45) is 0 Å². The molecule has 2 aromatic carbocycles. The van der Waals surface area contributed by atoms with E-state index in [4.69, 9.17) is 4.74 Å². The number of aliphatic hydroxyl groups is 1. The average Bonchev–Trinajstić information content (AvgIpc) is 2.47. The van der Waals surface area contributed by atoms with Crippen molar-refractivity contribution < 1.29 is 14.2 Å². The zero-order valence-corrected chi connectivity index (χ0v) is 11.3. The van der Waals surface area contributed by atoms with E-state index in [1.807, 2.05) is 31.2 Å². The number of nitrogens with one attached hydrogen (secondary N) is 1. The molecule has 0 amide bonds. The van der Waals surface area contributed by atoms with E-state index in [2.05, 4.69) is 5.32 Å². The number of hydrogen-bond acceptors (Lipinski definition) is 3. The van der Waals surface area contributed by atoms with Crippen molar-refractivity contribution in [3.63, 3.8) is 0 Å². The van der Waals surface area contributed by atoms with Crippen LogP contribution in [0.1, 0.15) is 18.6 Å². The van der Waals surface area contributed by atoms with E-state index in [-0.39, 0.29) is 6.54 Å². The van der Waals surface area contributed by atoms with Crippen molar-refractivity contribution in [1.29, 1.82) is 0 Å². The van der Waals surface area contributed by atoms with Crippen molar-refractivity contribution in [2.75, 3.05) is 18.5 Å². The third-order valence-corrected chi connectivity index (χ3v) is 2.93. The molecule has 2 rings (SSSR count). The number of rotatable bonds is 6. The molecule has 0 spiro atoms. The summed E-state index contributed by atoms with van der Waals surface area (Å²) in [6.45, 7) is 2.80. The minimum atomic E-state index is -0.886. The van der Waals surface area contributed by atoms with Gasteiger partial charge in [0, 0.05) is 17.8 Å². The van der Waals surface area contributed by atoms with Crippen LogP contribution in [0.25, 0.3) is 0 Å². The molecule has 0 aliphatic rings. The Kier molecular flexibility index (Phi) is 4.96. The van der Waals surface area contributed by atoms with Crippen LogP contribution < -0.4 is 10.1 Å². The van der Waals surface area contributed by atoms with Gasteiger partial charge in [0.05, 0.1) is 12.7 Å². The first-order valence-electron chi connectivity index (χ1n) is 6.60. The average molecular weight is 275 g/mol. The highest BCUT2D eigenvalue weighted by atomic mass is 19.1. The van der Waals surface area contributed by atoms with Gasteiger partial charge in [-0.15, -0.1) is 0 Å². The molecule has 0 bridgehead atoms. The van der Waals surface area contributed by atoms with Gasteiger partial charge in [0.1, 0.15) is 11.6 Å². The molecule has 0 aromatic heterocycles. The summed E-state index contributed by atoms with van der Waals surface area (Å²) < 4.78 is 18.8. The molecule has 2 aromatic rings. The molecule has 4 heteroatoms. The zero-order valence-electron chi connectivity index (χ0n) is 11.3. The molecule has 0 saturated carbocycles. The van der Waals surface area contributed by atoms with E-state index < -0.39 is 11.9 Å². The van der Waals surface area contributed by atoms with Crippen LogP contribution in [0.15, 0.2) is 48.5 Å². The minimum absolute atomic E-state index is 0.245. The van der Waals surface area contributed by atoms with Crippen molar-refractivity contribution in [3.8, 4) is 5.75 Å². The maximum atomic E-state index is 13.5. The van der Waals surface area contributed by atoms with Gasteiger partial charge in [0.25, 0.3) is 0 Å².